The van der Waals surface area contributed by atoms with Gasteiger partial charge in [0.2, 0.25) is 0 Å². The summed E-state index contributed by atoms with van der Waals surface area (Å²) in [5, 5.41) is 0.257. The summed E-state index contributed by atoms with van der Waals surface area (Å²) >= 11 is 0. The van der Waals surface area contributed by atoms with Crippen molar-refractivity contribution in [1.82, 2.24) is 4.90 Å². The van der Waals surface area contributed by atoms with Crippen LogP contribution in [0.1, 0.15) is 26.3 Å². The highest BCUT2D eigenvalue weighted by Gasteiger charge is 2.38. The van der Waals surface area contributed by atoms with Crippen LogP contribution >= 0.6 is 0 Å². The summed E-state index contributed by atoms with van der Waals surface area (Å²) in [7, 11) is -1.69. The summed E-state index contributed by atoms with van der Waals surface area (Å²) in [4.78, 5) is 2.51. The van der Waals surface area contributed by atoms with Crippen molar-refractivity contribution in [2.75, 3.05) is 26.4 Å². The average molecular weight is 322 g/mol. The molecule has 1 unspecified atom stereocenters. The lowest BCUT2D eigenvalue weighted by Gasteiger charge is -2.41. The van der Waals surface area contributed by atoms with Crippen LogP contribution in [0.3, 0.4) is 0 Å². The molecule has 1 fully saturated rings. The van der Waals surface area contributed by atoms with Crippen molar-refractivity contribution >= 4 is 8.32 Å². The molecule has 1 aromatic rings. The number of hydrogen-bond donors (Lipinski definition) is 0. The van der Waals surface area contributed by atoms with E-state index in [9.17, 15) is 0 Å². The molecule has 2 rings (SSSR count). The van der Waals surface area contributed by atoms with Gasteiger partial charge < -0.3 is 9.16 Å². The lowest BCUT2D eigenvalue weighted by atomic mass is 10.1. The molecule has 1 heterocycles. The van der Waals surface area contributed by atoms with E-state index in [1.165, 1.54) is 5.56 Å². The van der Waals surface area contributed by atoms with Crippen LogP contribution in [0.5, 0.6) is 0 Å². The van der Waals surface area contributed by atoms with E-state index < -0.39 is 8.32 Å². The third-order valence-electron chi connectivity index (χ3n) is 5.02. The van der Waals surface area contributed by atoms with Crippen molar-refractivity contribution in [3.8, 4) is 0 Å². The second-order valence-corrected chi connectivity index (χ2v) is 12.6. The first kappa shape index (κ1) is 17.7. The lowest BCUT2D eigenvalue weighted by molar-refractivity contribution is -0.0292. The highest BCUT2D eigenvalue weighted by Crippen LogP contribution is 2.36. The summed E-state index contributed by atoms with van der Waals surface area (Å²) < 4.78 is 12.1. The van der Waals surface area contributed by atoms with E-state index >= 15 is 0 Å². The van der Waals surface area contributed by atoms with Crippen LogP contribution in [0.15, 0.2) is 30.3 Å². The number of benzene rings is 1. The van der Waals surface area contributed by atoms with E-state index in [-0.39, 0.29) is 5.04 Å². The SMILES string of the molecule is CC(C)(C)[Si](C)(C)OCC1COCCN1Cc1ccccc1. The smallest absolute Gasteiger partial charge is 0.192 e. The molecule has 1 atom stereocenters. The zero-order valence-corrected chi connectivity index (χ0v) is 15.8. The number of nitrogens with zero attached hydrogens (tertiary/aromatic N) is 1. The Balaban J connectivity index is 1.95. The molecule has 22 heavy (non-hydrogen) atoms. The van der Waals surface area contributed by atoms with Gasteiger partial charge in [-0.2, -0.15) is 0 Å². The van der Waals surface area contributed by atoms with Crippen molar-refractivity contribution in [3.05, 3.63) is 35.9 Å². The Morgan fingerprint density at radius 3 is 2.55 bits per heavy atom. The van der Waals surface area contributed by atoms with Crippen molar-refractivity contribution in [2.45, 2.75) is 51.5 Å². The molecule has 0 radical (unpaired) electrons. The maximum atomic E-state index is 6.42. The molecular formula is C18H31NO2Si. The number of morpholine rings is 1. The van der Waals surface area contributed by atoms with Gasteiger partial charge in [-0.15, -0.1) is 0 Å². The monoisotopic (exact) mass is 321 g/mol. The Morgan fingerprint density at radius 1 is 1.23 bits per heavy atom. The van der Waals surface area contributed by atoms with E-state index in [4.69, 9.17) is 9.16 Å². The predicted molar refractivity (Wildman–Crippen MR) is 94.6 cm³/mol. The largest absolute Gasteiger partial charge is 0.415 e. The Hall–Kier alpha value is -0.683. The first-order valence-electron chi connectivity index (χ1n) is 8.29. The average Bonchev–Trinajstić information content (AvgIpc) is 2.46. The molecule has 3 nitrogen and oxygen atoms in total. The van der Waals surface area contributed by atoms with Gasteiger partial charge in [-0.05, 0) is 23.7 Å². The predicted octanol–water partition coefficient (Wildman–Crippen LogP) is 3.91. The topological polar surface area (TPSA) is 21.7 Å². The second-order valence-electron chi connectivity index (χ2n) is 7.76. The molecule has 0 aromatic heterocycles. The van der Waals surface area contributed by atoms with Crippen LogP contribution in [-0.2, 0) is 15.7 Å². The third-order valence-corrected chi connectivity index (χ3v) is 9.52. The quantitative estimate of drug-likeness (QED) is 0.768. The van der Waals surface area contributed by atoms with Gasteiger partial charge in [-0.25, -0.2) is 0 Å². The minimum absolute atomic E-state index is 0.257. The molecule has 0 bridgehead atoms. The fraction of sp³-hybridized carbons (Fsp3) is 0.667. The molecule has 0 saturated carbocycles. The van der Waals surface area contributed by atoms with E-state index in [1.54, 1.807) is 0 Å². The molecule has 0 N–H and O–H groups in total. The Labute approximate surface area is 136 Å². The maximum Gasteiger partial charge on any atom is 0.192 e. The maximum absolute atomic E-state index is 6.42. The van der Waals surface area contributed by atoms with Crippen molar-refractivity contribution in [3.63, 3.8) is 0 Å². The van der Waals surface area contributed by atoms with Gasteiger partial charge in [0, 0.05) is 13.1 Å². The van der Waals surface area contributed by atoms with Crippen LogP contribution in [-0.4, -0.2) is 45.6 Å². The Morgan fingerprint density at radius 2 is 1.91 bits per heavy atom. The molecule has 1 saturated heterocycles. The third kappa shape index (κ3) is 4.65. The molecule has 0 spiro atoms. The minimum Gasteiger partial charge on any atom is -0.415 e. The summed E-state index contributed by atoms with van der Waals surface area (Å²) in [6.07, 6.45) is 0. The first-order chi connectivity index (χ1) is 10.3. The zero-order chi connectivity index (χ0) is 16.2. The summed E-state index contributed by atoms with van der Waals surface area (Å²) in [5.41, 5.74) is 1.36. The number of rotatable bonds is 5. The van der Waals surface area contributed by atoms with E-state index in [0.717, 1.165) is 32.9 Å². The summed E-state index contributed by atoms with van der Waals surface area (Å²) in [6.45, 7) is 15.9. The molecule has 124 valence electrons. The Bertz CT molecular complexity index is 456. The van der Waals surface area contributed by atoms with Crippen molar-refractivity contribution < 1.29 is 9.16 Å². The minimum atomic E-state index is -1.69. The van der Waals surface area contributed by atoms with E-state index in [1.807, 2.05) is 0 Å². The number of hydrogen-bond acceptors (Lipinski definition) is 3. The van der Waals surface area contributed by atoms with Gasteiger partial charge >= 0.3 is 0 Å². The zero-order valence-electron chi connectivity index (χ0n) is 14.8. The molecular weight excluding hydrogens is 290 g/mol. The van der Waals surface area contributed by atoms with Crippen LogP contribution in [0.25, 0.3) is 0 Å². The van der Waals surface area contributed by atoms with Gasteiger partial charge in [0.1, 0.15) is 0 Å². The lowest BCUT2D eigenvalue weighted by Crippen LogP contribution is -2.50. The molecule has 4 heteroatoms. The normalized spacial score (nSPS) is 21.0. The highest BCUT2D eigenvalue weighted by molar-refractivity contribution is 6.74. The molecule has 0 amide bonds. The molecule has 0 aliphatic carbocycles. The van der Waals surface area contributed by atoms with Gasteiger partial charge in [0.15, 0.2) is 8.32 Å². The second kappa shape index (κ2) is 7.26. The molecule has 1 aromatic carbocycles. The van der Waals surface area contributed by atoms with E-state index in [0.29, 0.717) is 6.04 Å². The van der Waals surface area contributed by atoms with Crippen LogP contribution in [0.4, 0.5) is 0 Å². The molecule has 1 aliphatic heterocycles. The fourth-order valence-electron chi connectivity index (χ4n) is 2.39. The fourth-order valence-corrected chi connectivity index (χ4v) is 3.43. The standard InChI is InChI=1S/C18H31NO2Si/c1-18(2,3)22(4,5)21-15-17-14-20-12-11-19(17)13-16-9-7-6-8-10-16/h6-10,17H,11-15H2,1-5H3. The highest BCUT2D eigenvalue weighted by atomic mass is 28.4. The van der Waals surface area contributed by atoms with Crippen LogP contribution in [0.2, 0.25) is 18.1 Å². The van der Waals surface area contributed by atoms with Gasteiger partial charge in [-0.1, -0.05) is 51.1 Å². The van der Waals surface area contributed by atoms with Gasteiger partial charge in [0.05, 0.1) is 25.9 Å². The van der Waals surface area contributed by atoms with Gasteiger partial charge in [-0.3, -0.25) is 4.90 Å². The van der Waals surface area contributed by atoms with E-state index in [2.05, 4.69) is 69.1 Å². The number of ether oxygens (including phenoxy) is 1. The summed E-state index contributed by atoms with van der Waals surface area (Å²) in [6, 6.07) is 11.0. The first-order valence-corrected chi connectivity index (χ1v) is 11.2. The molecule has 1 aliphatic rings. The van der Waals surface area contributed by atoms with Gasteiger partial charge in [0.25, 0.3) is 0 Å². The van der Waals surface area contributed by atoms with Crippen molar-refractivity contribution in [1.29, 1.82) is 0 Å². The van der Waals surface area contributed by atoms with Crippen LogP contribution < -0.4 is 0 Å². The van der Waals surface area contributed by atoms with Crippen LogP contribution in [0, 0.1) is 0 Å². The summed E-state index contributed by atoms with van der Waals surface area (Å²) in [5.74, 6) is 0. The Kier molecular flexibility index (Phi) is 5.83. The van der Waals surface area contributed by atoms with Crippen molar-refractivity contribution in [2.24, 2.45) is 0 Å².